The smallest absolute Gasteiger partial charge is 0.325 e. The highest BCUT2D eigenvalue weighted by atomic mass is 16.2. The van der Waals surface area contributed by atoms with Gasteiger partial charge < -0.3 is 14.9 Å². The number of aromatic amines is 3. The third kappa shape index (κ3) is 4.38. The molecule has 1 fully saturated rings. The summed E-state index contributed by atoms with van der Waals surface area (Å²) in [4.78, 5) is 45.5. The van der Waals surface area contributed by atoms with E-state index in [2.05, 4.69) is 74.8 Å². The Hall–Kier alpha value is -3.72. The van der Waals surface area contributed by atoms with Crippen LogP contribution in [0.2, 0.25) is 0 Å². The van der Waals surface area contributed by atoms with E-state index in [4.69, 9.17) is 4.98 Å². The number of aromatic nitrogens is 5. The maximum Gasteiger partial charge on any atom is 0.325 e. The van der Waals surface area contributed by atoms with E-state index < -0.39 is 5.69 Å². The molecule has 0 spiro atoms. The summed E-state index contributed by atoms with van der Waals surface area (Å²) in [6.45, 7) is 10.2. The second kappa shape index (κ2) is 8.57. The Morgan fingerprint density at radius 3 is 2.38 bits per heavy atom. The topological polar surface area (TPSA) is 114 Å². The lowest BCUT2D eigenvalue weighted by Gasteiger charge is -2.35. The zero-order chi connectivity index (χ0) is 23.9. The van der Waals surface area contributed by atoms with Crippen molar-refractivity contribution >= 4 is 16.9 Å². The van der Waals surface area contributed by atoms with Gasteiger partial charge in [0, 0.05) is 56.2 Å². The number of benzene rings is 1. The fraction of sp³-hybridized carbons (Fsp3) is 0.360. The van der Waals surface area contributed by atoms with Crippen LogP contribution in [0, 0.1) is 0 Å². The molecule has 4 aromatic rings. The molecule has 3 aromatic heterocycles. The Morgan fingerprint density at radius 1 is 0.971 bits per heavy atom. The Morgan fingerprint density at radius 2 is 1.71 bits per heavy atom. The van der Waals surface area contributed by atoms with E-state index >= 15 is 0 Å². The number of H-pyrrole nitrogens is 3. The van der Waals surface area contributed by atoms with Crippen LogP contribution in [0.15, 0.2) is 52.3 Å². The Bertz CT molecular complexity index is 1420. The van der Waals surface area contributed by atoms with Gasteiger partial charge in [0.2, 0.25) is 0 Å². The number of pyridine rings is 1. The van der Waals surface area contributed by atoms with E-state index in [0.29, 0.717) is 12.1 Å². The molecule has 0 aliphatic carbocycles. The van der Waals surface area contributed by atoms with Crippen molar-refractivity contribution in [3.8, 4) is 11.4 Å². The number of rotatable bonds is 4. The number of piperazine rings is 1. The molecule has 1 aliphatic rings. The van der Waals surface area contributed by atoms with Gasteiger partial charge in [-0.25, -0.2) is 14.8 Å². The number of nitrogens with one attached hydrogen (secondary N) is 3. The van der Waals surface area contributed by atoms with Gasteiger partial charge >= 0.3 is 5.69 Å². The quantitative estimate of drug-likeness (QED) is 0.432. The first kappa shape index (κ1) is 22.1. The fourth-order valence-corrected chi connectivity index (χ4v) is 4.33. The first-order chi connectivity index (χ1) is 16.3. The van der Waals surface area contributed by atoms with Crippen LogP contribution in [0.4, 0.5) is 5.82 Å². The molecule has 0 amide bonds. The maximum atomic E-state index is 12.0. The minimum absolute atomic E-state index is 0.108. The number of nitrogens with zero attached hydrogens (tertiary/aromatic N) is 4. The molecule has 1 saturated heterocycles. The average molecular weight is 460 g/mol. The van der Waals surface area contributed by atoms with Crippen molar-refractivity contribution in [1.29, 1.82) is 0 Å². The summed E-state index contributed by atoms with van der Waals surface area (Å²) in [5.41, 5.74) is 4.00. The van der Waals surface area contributed by atoms with E-state index in [0.717, 1.165) is 54.4 Å². The van der Waals surface area contributed by atoms with Crippen LogP contribution in [-0.4, -0.2) is 56.0 Å². The predicted octanol–water partition coefficient (Wildman–Crippen LogP) is 2.62. The average Bonchev–Trinajstić information content (AvgIpc) is 3.26. The zero-order valence-electron chi connectivity index (χ0n) is 19.7. The van der Waals surface area contributed by atoms with E-state index in [1.165, 1.54) is 11.8 Å². The predicted molar refractivity (Wildman–Crippen MR) is 133 cm³/mol. The molecule has 4 heterocycles. The number of fused-ring (bicyclic) bond motifs is 1. The first-order valence-electron chi connectivity index (χ1n) is 11.5. The molecular formula is C25H29N7O2. The molecule has 0 unspecified atom stereocenters. The van der Waals surface area contributed by atoms with Gasteiger partial charge in [0.1, 0.15) is 11.3 Å². The molecule has 9 nitrogen and oxygen atoms in total. The van der Waals surface area contributed by atoms with Crippen LogP contribution >= 0.6 is 0 Å². The van der Waals surface area contributed by atoms with Crippen LogP contribution < -0.4 is 16.1 Å². The van der Waals surface area contributed by atoms with Gasteiger partial charge in [0.25, 0.3) is 5.56 Å². The number of hydrogen-bond donors (Lipinski definition) is 3. The molecule has 9 heteroatoms. The van der Waals surface area contributed by atoms with Gasteiger partial charge in [0.05, 0.1) is 5.52 Å². The van der Waals surface area contributed by atoms with E-state index in [1.807, 2.05) is 12.3 Å². The minimum Gasteiger partial charge on any atom is -0.352 e. The highest BCUT2D eigenvalue weighted by Crippen LogP contribution is 2.29. The van der Waals surface area contributed by atoms with Crippen LogP contribution in [0.5, 0.6) is 0 Å². The summed E-state index contributed by atoms with van der Waals surface area (Å²) in [6.07, 6.45) is 3.31. The highest BCUT2D eigenvalue weighted by molar-refractivity contribution is 5.88. The van der Waals surface area contributed by atoms with Crippen molar-refractivity contribution in [2.45, 2.75) is 32.7 Å². The largest absolute Gasteiger partial charge is 0.352 e. The summed E-state index contributed by atoms with van der Waals surface area (Å²) < 4.78 is 0. The van der Waals surface area contributed by atoms with Gasteiger partial charge in [0.15, 0.2) is 5.82 Å². The Kier molecular flexibility index (Phi) is 5.57. The van der Waals surface area contributed by atoms with Crippen molar-refractivity contribution in [1.82, 2.24) is 29.8 Å². The Balaban J connectivity index is 1.33. The van der Waals surface area contributed by atoms with Gasteiger partial charge in [-0.3, -0.25) is 14.7 Å². The number of hydrogen-bond acceptors (Lipinski definition) is 6. The lowest BCUT2D eigenvalue weighted by atomic mass is 9.87. The maximum absolute atomic E-state index is 12.0. The van der Waals surface area contributed by atoms with Crippen LogP contribution in [0.25, 0.3) is 22.4 Å². The molecule has 0 atom stereocenters. The monoisotopic (exact) mass is 459 g/mol. The van der Waals surface area contributed by atoms with Gasteiger partial charge in [-0.15, -0.1) is 0 Å². The molecule has 176 valence electrons. The second-order valence-electron chi connectivity index (χ2n) is 9.80. The molecule has 0 bridgehead atoms. The lowest BCUT2D eigenvalue weighted by Crippen LogP contribution is -2.47. The first-order valence-corrected chi connectivity index (χ1v) is 11.5. The lowest BCUT2D eigenvalue weighted by molar-refractivity contribution is 0.248. The Labute approximate surface area is 196 Å². The third-order valence-corrected chi connectivity index (χ3v) is 6.37. The molecule has 34 heavy (non-hydrogen) atoms. The van der Waals surface area contributed by atoms with Gasteiger partial charge in [-0.2, -0.15) is 0 Å². The molecule has 1 aliphatic heterocycles. The van der Waals surface area contributed by atoms with Crippen molar-refractivity contribution in [3.05, 3.63) is 74.7 Å². The van der Waals surface area contributed by atoms with Crippen LogP contribution in [0.3, 0.4) is 0 Å². The van der Waals surface area contributed by atoms with E-state index in [9.17, 15) is 9.59 Å². The van der Waals surface area contributed by atoms with Gasteiger partial charge in [-0.1, -0.05) is 45.0 Å². The number of anilines is 1. The zero-order valence-corrected chi connectivity index (χ0v) is 19.7. The van der Waals surface area contributed by atoms with E-state index in [-0.39, 0.29) is 11.0 Å². The summed E-state index contributed by atoms with van der Waals surface area (Å²) in [5, 5.41) is 0. The molecule has 1 aromatic carbocycles. The molecule has 0 radical (unpaired) electrons. The standard InChI is InChI=1S/C25H29N7O2/c1-25(2,3)18-6-4-16(5-7-18)21-28-19-8-9-26-22(20(19)29-21)32-12-10-31(11-13-32)15-17-14-27-24(34)30-23(17)33/h4-9,14H,10-13,15H2,1-3H3,(H,28,29)(H2,27,30,33,34). The van der Waals surface area contributed by atoms with Crippen LogP contribution in [0.1, 0.15) is 31.9 Å². The SMILES string of the molecule is CC(C)(C)c1ccc(-c2nc3c(N4CCN(Cc5c[nH]c(=O)[nH]c5=O)CC4)nccc3[nH]2)cc1. The molecule has 0 saturated carbocycles. The van der Waals surface area contributed by atoms with Crippen molar-refractivity contribution < 1.29 is 0 Å². The number of imidazole rings is 1. The third-order valence-electron chi connectivity index (χ3n) is 6.37. The fourth-order valence-electron chi connectivity index (χ4n) is 4.33. The summed E-state index contributed by atoms with van der Waals surface area (Å²) in [5.74, 6) is 1.70. The summed E-state index contributed by atoms with van der Waals surface area (Å²) >= 11 is 0. The minimum atomic E-state index is -0.485. The van der Waals surface area contributed by atoms with Crippen molar-refractivity contribution in [2.24, 2.45) is 0 Å². The van der Waals surface area contributed by atoms with Gasteiger partial charge in [-0.05, 0) is 17.0 Å². The second-order valence-corrected chi connectivity index (χ2v) is 9.80. The molecule has 5 rings (SSSR count). The summed E-state index contributed by atoms with van der Waals surface area (Å²) in [7, 11) is 0. The molecule has 3 N–H and O–H groups in total. The summed E-state index contributed by atoms with van der Waals surface area (Å²) in [6, 6.07) is 10.5. The van der Waals surface area contributed by atoms with Crippen LogP contribution in [-0.2, 0) is 12.0 Å². The van der Waals surface area contributed by atoms with Crippen molar-refractivity contribution in [3.63, 3.8) is 0 Å². The highest BCUT2D eigenvalue weighted by Gasteiger charge is 2.22. The normalized spacial score (nSPS) is 15.2. The van der Waals surface area contributed by atoms with E-state index in [1.54, 1.807) is 0 Å². The molecular weight excluding hydrogens is 430 g/mol. The van der Waals surface area contributed by atoms with Crippen molar-refractivity contribution in [2.75, 3.05) is 31.1 Å².